The quantitative estimate of drug-likeness (QED) is 0.290. The minimum Gasteiger partial charge on any atom is -0.410 e. The van der Waals surface area contributed by atoms with Gasteiger partial charge in [0.2, 0.25) is 0 Å². The second-order valence-corrected chi connectivity index (χ2v) is 10.1. The molecule has 1 amide bonds. The first-order chi connectivity index (χ1) is 18.7. The van der Waals surface area contributed by atoms with Gasteiger partial charge in [-0.25, -0.2) is 22.8 Å². The number of nitrogens with zero attached hydrogens (tertiary/aromatic N) is 2. The van der Waals surface area contributed by atoms with Crippen molar-refractivity contribution in [3.05, 3.63) is 119 Å². The third kappa shape index (κ3) is 5.15. The van der Waals surface area contributed by atoms with E-state index in [2.05, 4.69) is 0 Å². The van der Waals surface area contributed by atoms with Gasteiger partial charge in [-0.2, -0.15) is 8.87 Å². The van der Waals surface area contributed by atoms with Crippen molar-refractivity contribution in [1.82, 2.24) is 4.57 Å². The SMILES string of the molecule is Cc1cccc(N(C(=O)Oc2ccccc2)S(=O)(=O)c2ccc3c(c2)oc(=O)n3C(=O)Oc2ccccc2)c1. The predicted octanol–water partition coefficient (Wildman–Crippen LogP) is 5.34. The molecule has 0 aliphatic heterocycles. The highest BCUT2D eigenvalue weighted by atomic mass is 32.2. The van der Waals surface area contributed by atoms with E-state index in [1.165, 1.54) is 42.5 Å². The van der Waals surface area contributed by atoms with Crippen molar-refractivity contribution in [1.29, 1.82) is 0 Å². The molecule has 0 saturated carbocycles. The maximum atomic E-state index is 13.8. The van der Waals surface area contributed by atoms with Gasteiger partial charge in [0.05, 0.1) is 10.6 Å². The first-order valence-corrected chi connectivity index (χ1v) is 13.0. The van der Waals surface area contributed by atoms with Gasteiger partial charge in [0.1, 0.15) is 17.0 Å². The van der Waals surface area contributed by atoms with E-state index in [4.69, 9.17) is 13.9 Å². The van der Waals surface area contributed by atoms with Crippen LogP contribution >= 0.6 is 0 Å². The highest BCUT2D eigenvalue weighted by Crippen LogP contribution is 2.28. The molecule has 39 heavy (non-hydrogen) atoms. The van der Waals surface area contributed by atoms with Crippen LogP contribution in [0.25, 0.3) is 11.1 Å². The number of hydrogen-bond acceptors (Lipinski definition) is 8. The minimum atomic E-state index is -4.58. The van der Waals surface area contributed by atoms with Crippen molar-refractivity contribution in [2.24, 2.45) is 0 Å². The van der Waals surface area contributed by atoms with Crippen molar-refractivity contribution >= 4 is 39.0 Å². The number of fused-ring (bicyclic) bond motifs is 1. The van der Waals surface area contributed by atoms with E-state index in [1.54, 1.807) is 55.5 Å². The molecule has 1 heterocycles. The maximum absolute atomic E-state index is 13.8. The number of hydrogen-bond donors (Lipinski definition) is 0. The van der Waals surface area contributed by atoms with Crippen LogP contribution in [0.1, 0.15) is 5.56 Å². The van der Waals surface area contributed by atoms with Crippen LogP contribution < -0.4 is 19.5 Å². The summed E-state index contributed by atoms with van der Waals surface area (Å²) >= 11 is 0. The molecule has 10 nitrogen and oxygen atoms in total. The predicted molar refractivity (Wildman–Crippen MR) is 142 cm³/mol. The number of aryl methyl sites for hydroxylation is 1. The van der Waals surface area contributed by atoms with Gasteiger partial charge in [-0.3, -0.25) is 0 Å². The molecule has 0 aliphatic carbocycles. The standard InChI is InChI=1S/C28H20N2O8S/c1-19-9-8-10-20(17-19)30(28(33)37-22-13-6-3-7-14-22)39(34,35)23-15-16-24-25(18-23)38-27(32)29(24)26(31)36-21-11-4-2-5-12-21/h2-18H,1H3. The molecule has 0 bridgehead atoms. The van der Waals surface area contributed by atoms with Gasteiger partial charge in [0.15, 0.2) is 5.58 Å². The first-order valence-electron chi connectivity index (χ1n) is 11.6. The van der Waals surface area contributed by atoms with Crippen molar-refractivity contribution in [2.45, 2.75) is 11.8 Å². The summed E-state index contributed by atoms with van der Waals surface area (Å²) in [6.07, 6.45) is -2.20. The van der Waals surface area contributed by atoms with E-state index in [9.17, 15) is 22.8 Å². The summed E-state index contributed by atoms with van der Waals surface area (Å²) < 4.78 is 44.5. The largest absolute Gasteiger partial charge is 0.434 e. The summed E-state index contributed by atoms with van der Waals surface area (Å²) in [4.78, 5) is 38.0. The molecule has 0 fully saturated rings. The lowest BCUT2D eigenvalue weighted by atomic mass is 10.2. The maximum Gasteiger partial charge on any atom is 0.434 e. The van der Waals surface area contributed by atoms with Gasteiger partial charge < -0.3 is 13.9 Å². The summed E-state index contributed by atoms with van der Waals surface area (Å²) in [5.74, 6) is -0.723. The Labute approximate surface area is 222 Å². The number of para-hydroxylation sites is 2. The van der Waals surface area contributed by atoms with Crippen LogP contribution in [0.4, 0.5) is 15.3 Å². The van der Waals surface area contributed by atoms with Crippen LogP contribution in [0.3, 0.4) is 0 Å². The zero-order valence-corrected chi connectivity index (χ0v) is 21.2. The molecule has 0 aliphatic rings. The Bertz CT molecular complexity index is 1850. The first kappa shape index (κ1) is 25.5. The number of oxazole rings is 1. The second kappa shape index (κ2) is 10.3. The van der Waals surface area contributed by atoms with Crippen LogP contribution in [0, 0.1) is 6.92 Å². The van der Waals surface area contributed by atoms with Crippen molar-refractivity contribution in [3.8, 4) is 11.5 Å². The van der Waals surface area contributed by atoms with Gasteiger partial charge in [-0.15, -0.1) is 0 Å². The van der Waals surface area contributed by atoms with E-state index < -0.39 is 28.0 Å². The molecule has 0 atom stereocenters. The molecule has 0 unspecified atom stereocenters. The molecule has 5 rings (SSSR count). The smallest absolute Gasteiger partial charge is 0.410 e. The summed E-state index contributed by atoms with van der Waals surface area (Å²) in [6.45, 7) is 1.74. The Kier molecular flexibility index (Phi) is 6.73. The van der Waals surface area contributed by atoms with Gasteiger partial charge >= 0.3 is 17.9 Å². The zero-order valence-electron chi connectivity index (χ0n) is 20.4. The molecular weight excluding hydrogens is 524 g/mol. The third-order valence-corrected chi connectivity index (χ3v) is 7.26. The molecular formula is C28H20N2O8S. The fraction of sp³-hybridized carbons (Fsp3) is 0.0357. The van der Waals surface area contributed by atoms with Crippen LogP contribution in [-0.4, -0.2) is 25.2 Å². The molecule has 0 spiro atoms. The van der Waals surface area contributed by atoms with Crippen LogP contribution in [0.2, 0.25) is 0 Å². The number of ether oxygens (including phenoxy) is 2. The zero-order chi connectivity index (χ0) is 27.6. The normalized spacial score (nSPS) is 11.2. The molecule has 196 valence electrons. The number of aromatic nitrogens is 1. The van der Waals surface area contributed by atoms with E-state index in [0.717, 1.165) is 12.1 Å². The third-order valence-electron chi connectivity index (χ3n) is 5.57. The lowest BCUT2D eigenvalue weighted by molar-refractivity contribution is 0.201. The molecule has 1 aromatic heterocycles. The molecule has 0 saturated heterocycles. The van der Waals surface area contributed by atoms with Crippen molar-refractivity contribution in [3.63, 3.8) is 0 Å². The lowest BCUT2D eigenvalue weighted by Gasteiger charge is -2.22. The Morgan fingerprint density at radius 2 is 1.44 bits per heavy atom. The summed E-state index contributed by atoms with van der Waals surface area (Å²) in [6, 6.07) is 25.8. The molecule has 0 N–H and O–H groups in total. The summed E-state index contributed by atoms with van der Waals surface area (Å²) in [7, 11) is -4.58. The number of sulfonamides is 1. The highest BCUT2D eigenvalue weighted by molar-refractivity contribution is 7.93. The van der Waals surface area contributed by atoms with Crippen LogP contribution in [-0.2, 0) is 10.0 Å². The summed E-state index contributed by atoms with van der Waals surface area (Å²) in [5.41, 5.74) is 0.526. The monoisotopic (exact) mass is 544 g/mol. The van der Waals surface area contributed by atoms with Gasteiger partial charge in [0, 0.05) is 6.07 Å². The number of anilines is 1. The molecule has 11 heteroatoms. The van der Waals surface area contributed by atoms with Gasteiger partial charge in [0.25, 0.3) is 10.0 Å². The van der Waals surface area contributed by atoms with E-state index in [-0.39, 0.29) is 33.2 Å². The fourth-order valence-corrected chi connectivity index (χ4v) is 5.13. The molecule has 4 aromatic carbocycles. The number of benzene rings is 4. The Balaban J connectivity index is 1.54. The van der Waals surface area contributed by atoms with Crippen LogP contribution in [0.15, 0.2) is 117 Å². The average Bonchev–Trinajstić information content (AvgIpc) is 3.25. The summed E-state index contributed by atoms with van der Waals surface area (Å²) in [5, 5.41) is 0. The minimum absolute atomic E-state index is 0.0196. The average molecular weight is 545 g/mol. The van der Waals surface area contributed by atoms with Crippen LogP contribution in [0.5, 0.6) is 11.5 Å². The topological polar surface area (TPSA) is 125 Å². The molecule has 0 radical (unpaired) electrons. The number of amides is 1. The Hall–Kier alpha value is -5.16. The lowest BCUT2D eigenvalue weighted by Crippen LogP contribution is -2.39. The fourth-order valence-electron chi connectivity index (χ4n) is 3.80. The second-order valence-electron chi connectivity index (χ2n) is 8.30. The van der Waals surface area contributed by atoms with E-state index >= 15 is 0 Å². The van der Waals surface area contributed by atoms with Gasteiger partial charge in [-0.05, 0) is 61.0 Å². The number of carbonyl (C=O) groups is 2. The number of carbonyl (C=O) groups excluding carboxylic acids is 2. The van der Waals surface area contributed by atoms with E-state index in [0.29, 0.717) is 14.4 Å². The van der Waals surface area contributed by atoms with E-state index in [1.807, 2.05) is 0 Å². The molecule has 5 aromatic rings. The Morgan fingerprint density at radius 1 is 0.795 bits per heavy atom. The van der Waals surface area contributed by atoms with Crippen molar-refractivity contribution < 1.29 is 31.9 Å². The number of rotatable bonds is 5. The van der Waals surface area contributed by atoms with Crippen molar-refractivity contribution in [2.75, 3.05) is 4.31 Å². The Morgan fingerprint density at radius 3 is 2.08 bits per heavy atom. The highest BCUT2D eigenvalue weighted by Gasteiger charge is 2.34. The van der Waals surface area contributed by atoms with Gasteiger partial charge in [-0.1, -0.05) is 48.5 Å².